The Hall–Kier alpha value is -2.88. The highest BCUT2D eigenvalue weighted by atomic mass is 32.2. The molecule has 1 aliphatic rings. The minimum absolute atomic E-state index is 0.109. The van der Waals surface area contributed by atoms with Crippen molar-refractivity contribution in [2.75, 3.05) is 31.9 Å². The maximum Gasteiger partial charge on any atom is 0.243 e. The molecule has 4 rings (SSSR count). The van der Waals surface area contributed by atoms with E-state index in [4.69, 9.17) is 5.73 Å². The van der Waals surface area contributed by atoms with E-state index in [0.29, 0.717) is 48.4 Å². The largest absolute Gasteiger partial charge is 0.368 e. The molecule has 0 spiro atoms. The third-order valence-corrected chi connectivity index (χ3v) is 6.80. The van der Waals surface area contributed by atoms with Crippen molar-refractivity contribution in [1.29, 1.82) is 0 Å². The van der Waals surface area contributed by atoms with Gasteiger partial charge in [-0.2, -0.15) is 4.31 Å². The number of piperazine rings is 1. The van der Waals surface area contributed by atoms with Gasteiger partial charge in [-0.1, -0.05) is 30.3 Å². The maximum absolute atomic E-state index is 14.8. The van der Waals surface area contributed by atoms with E-state index in [2.05, 4.69) is 15.3 Å². The fourth-order valence-electron chi connectivity index (χ4n) is 3.35. The van der Waals surface area contributed by atoms with Crippen molar-refractivity contribution in [3.63, 3.8) is 0 Å². The van der Waals surface area contributed by atoms with Crippen molar-refractivity contribution in [2.24, 2.45) is 0 Å². The number of halogens is 1. The Morgan fingerprint density at radius 3 is 2.34 bits per heavy atom. The molecule has 0 unspecified atom stereocenters. The molecule has 0 aliphatic carbocycles. The van der Waals surface area contributed by atoms with E-state index in [9.17, 15) is 12.8 Å². The number of rotatable bonds is 4. The molecule has 7 nitrogen and oxygen atoms in total. The fourth-order valence-corrected chi connectivity index (χ4v) is 5.00. The van der Waals surface area contributed by atoms with Crippen molar-refractivity contribution in [1.82, 2.24) is 19.6 Å². The smallest absolute Gasteiger partial charge is 0.243 e. The molecule has 2 aromatic carbocycles. The normalized spacial score (nSPS) is 15.3. The third kappa shape index (κ3) is 3.84. The molecule has 3 N–H and O–H groups in total. The predicted molar refractivity (Wildman–Crippen MR) is 109 cm³/mol. The maximum atomic E-state index is 14.8. The molecule has 9 heteroatoms. The standard InChI is InChI=1S/C20H20FN5O2S/c21-18-11-14(5-6-16(18)15-12-24-20(22)25-13-15)17-3-1-2-4-19(17)29(27,28)26-9-7-23-8-10-26/h1-6,11-13,23H,7-10H2,(H2,22,24,25). The first-order valence-electron chi connectivity index (χ1n) is 9.14. The monoisotopic (exact) mass is 413 g/mol. The van der Waals surface area contributed by atoms with E-state index < -0.39 is 15.8 Å². The minimum Gasteiger partial charge on any atom is -0.368 e. The first kappa shape index (κ1) is 19.4. The molecule has 2 heterocycles. The van der Waals surface area contributed by atoms with E-state index in [1.807, 2.05) is 0 Å². The van der Waals surface area contributed by atoms with Gasteiger partial charge in [0.05, 0.1) is 4.90 Å². The Morgan fingerprint density at radius 2 is 1.66 bits per heavy atom. The number of hydrogen-bond donors (Lipinski definition) is 2. The lowest BCUT2D eigenvalue weighted by atomic mass is 10.0. The van der Waals surface area contributed by atoms with E-state index in [1.54, 1.807) is 36.4 Å². The van der Waals surface area contributed by atoms with Gasteiger partial charge in [0.2, 0.25) is 16.0 Å². The average molecular weight is 413 g/mol. The van der Waals surface area contributed by atoms with E-state index in [-0.39, 0.29) is 10.8 Å². The highest BCUT2D eigenvalue weighted by Gasteiger charge is 2.28. The summed E-state index contributed by atoms with van der Waals surface area (Å²) in [5.41, 5.74) is 7.23. The summed E-state index contributed by atoms with van der Waals surface area (Å²) in [5, 5.41) is 3.14. The summed E-state index contributed by atoms with van der Waals surface area (Å²) in [5.74, 6) is -0.386. The highest BCUT2D eigenvalue weighted by Crippen LogP contribution is 2.32. The molecule has 1 fully saturated rings. The minimum atomic E-state index is -3.68. The summed E-state index contributed by atoms with van der Waals surface area (Å²) in [6.07, 6.45) is 2.90. The second-order valence-electron chi connectivity index (χ2n) is 6.67. The van der Waals surface area contributed by atoms with Crippen molar-refractivity contribution >= 4 is 16.0 Å². The van der Waals surface area contributed by atoms with E-state index >= 15 is 0 Å². The van der Waals surface area contributed by atoms with Gasteiger partial charge in [0.1, 0.15) is 5.82 Å². The first-order chi connectivity index (χ1) is 14.0. The SMILES string of the molecule is Nc1ncc(-c2ccc(-c3ccccc3S(=O)(=O)N3CCNCC3)cc2F)cn1. The van der Waals surface area contributed by atoms with Crippen LogP contribution in [0.15, 0.2) is 59.8 Å². The van der Waals surface area contributed by atoms with Crippen LogP contribution in [0.25, 0.3) is 22.3 Å². The Balaban J connectivity index is 1.74. The summed E-state index contributed by atoms with van der Waals surface area (Å²) in [4.78, 5) is 7.94. The Kier molecular flexibility index (Phi) is 5.27. The van der Waals surface area contributed by atoms with Gasteiger partial charge in [-0.15, -0.1) is 0 Å². The number of nitrogen functional groups attached to an aromatic ring is 1. The van der Waals surface area contributed by atoms with Gasteiger partial charge in [-0.05, 0) is 17.7 Å². The van der Waals surface area contributed by atoms with Crippen LogP contribution in [0, 0.1) is 5.82 Å². The van der Waals surface area contributed by atoms with Gasteiger partial charge in [0.15, 0.2) is 0 Å². The first-order valence-corrected chi connectivity index (χ1v) is 10.6. The van der Waals surface area contributed by atoms with Crippen LogP contribution in [0.5, 0.6) is 0 Å². The molecule has 0 amide bonds. The molecule has 3 aromatic rings. The number of anilines is 1. The molecule has 0 saturated carbocycles. The Labute approximate surface area is 168 Å². The van der Waals surface area contributed by atoms with Crippen LogP contribution in [-0.4, -0.2) is 48.9 Å². The number of sulfonamides is 1. The Morgan fingerprint density at radius 1 is 0.966 bits per heavy atom. The lowest BCUT2D eigenvalue weighted by Gasteiger charge is -2.27. The lowest BCUT2D eigenvalue weighted by Crippen LogP contribution is -2.46. The van der Waals surface area contributed by atoms with Gasteiger partial charge in [0, 0.05) is 55.3 Å². The van der Waals surface area contributed by atoms with Gasteiger partial charge in [0.25, 0.3) is 0 Å². The van der Waals surface area contributed by atoms with Crippen LogP contribution in [0.4, 0.5) is 10.3 Å². The zero-order valence-corrected chi connectivity index (χ0v) is 16.4. The van der Waals surface area contributed by atoms with Gasteiger partial charge >= 0.3 is 0 Å². The van der Waals surface area contributed by atoms with Gasteiger partial charge in [-0.3, -0.25) is 0 Å². The third-order valence-electron chi connectivity index (χ3n) is 4.84. The number of nitrogens with two attached hydrogens (primary N) is 1. The molecule has 1 aromatic heterocycles. The molecule has 29 heavy (non-hydrogen) atoms. The van der Waals surface area contributed by atoms with Crippen LogP contribution in [0.2, 0.25) is 0 Å². The molecule has 0 radical (unpaired) electrons. The highest BCUT2D eigenvalue weighted by molar-refractivity contribution is 7.89. The number of benzene rings is 2. The predicted octanol–water partition coefficient (Wildman–Crippen LogP) is 2.13. The van der Waals surface area contributed by atoms with Crippen molar-refractivity contribution in [3.8, 4) is 22.3 Å². The number of hydrogen-bond acceptors (Lipinski definition) is 6. The van der Waals surface area contributed by atoms with Crippen LogP contribution in [0.3, 0.4) is 0 Å². The van der Waals surface area contributed by atoms with Crippen LogP contribution >= 0.6 is 0 Å². The Bertz CT molecular complexity index is 1130. The van der Waals surface area contributed by atoms with Gasteiger partial charge < -0.3 is 11.1 Å². The van der Waals surface area contributed by atoms with Crippen molar-refractivity contribution in [3.05, 3.63) is 60.7 Å². The quantitative estimate of drug-likeness (QED) is 0.680. The molecular formula is C20H20FN5O2S. The summed E-state index contributed by atoms with van der Waals surface area (Å²) >= 11 is 0. The molecule has 1 saturated heterocycles. The van der Waals surface area contributed by atoms with E-state index in [1.165, 1.54) is 22.8 Å². The van der Waals surface area contributed by atoms with E-state index in [0.717, 1.165) is 0 Å². The summed E-state index contributed by atoms with van der Waals surface area (Å²) in [6, 6.07) is 11.3. The second kappa shape index (κ2) is 7.86. The zero-order valence-electron chi connectivity index (χ0n) is 15.5. The summed E-state index contributed by atoms with van der Waals surface area (Å²) in [6.45, 7) is 2.02. The number of nitrogens with one attached hydrogen (secondary N) is 1. The van der Waals surface area contributed by atoms with Gasteiger partial charge in [-0.25, -0.2) is 22.8 Å². The van der Waals surface area contributed by atoms with Crippen LogP contribution < -0.4 is 11.1 Å². The van der Waals surface area contributed by atoms with Crippen molar-refractivity contribution < 1.29 is 12.8 Å². The summed E-state index contributed by atoms with van der Waals surface area (Å²) < 4.78 is 42.6. The summed E-state index contributed by atoms with van der Waals surface area (Å²) in [7, 11) is -3.68. The molecule has 1 aliphatic heterocycles. The molecular weight excluding hydrogens is 393 g/mol. The molecule has 0 atom stereocenters. The second-order valence-corrected chi connectivity index (χ2v) is 8.58. The van der Waals surface area contributed by atoms with Crippen molar-refractivity contribution in [2.45, 2.75) is 4.90 Å². The molecule has 150 valence electrons. The zero-order chi connectivity index (χ0) is 20.4. The van der Waals surface area contributed by atoms with Crippen LogP contribution in [0.1, 0.15) is 0 Å². The molecule has 0 bridgehead atoms. The number of nitrogens with zero attached hydrogens (tertiary/aromatic N) is 3. The lowest BCUT2D eigenvalue weighted by molar-refractivity contribution is 0.360. The topological polar surface area (TPSA) is 101 Å². The van der Waals surface area contributed by atoms with Crippen LogP contribution in [-0.2, 0) is 10.0 Å². The number of aromatic nitrogens is 2. The average Bonchev–Trinajstić information content (AvgIpc) is 2.75. The fraction of sp³-hybridized carbons (Fsp3) is 0.200.